The molecule has 0 unspecified atom stereocenters. The summed E-state index contributed by atoms with van der Waals surface area (Å²) in [5.74, 6) is -0.367. The minimum absolute atomic E-state index is 0.151. The van der Waals surface area contributed by atoms with E-state index >= 15 is 0 Å². The number of nitrogens with zero attached hydrogens (tertiary/aromatic N) is 5. The number of aromatic nitrogens is 4. The molecule has 0 radical (unpaired) electrons. The zero-order valence-corrected chi connectivity index (χ0v) is 16.2. The van der Waals surface area contributed by atoms with Gasteiger partial charge in [-0.25, -0.2) is 0 Å². The summed E-state index contributed by atoms with van der Waals surface area (Å²) in [6.07, 6.45) is 3.41. The molecule has 0 aliphatic carbocycles. The number of hydrogen-bond acceptors (Lipinski definition) is 5. The fourth-order valence-electron chi connectivity index (χ4n) is 2.90. The number of morpholine rings is 1. The van der Waals surface area contributed by atoms with Crippen LogP contribution in [0.4, 0.5) is 5.69 Å². The monoisotopic (exact) mass is 394 g/mol. The van der Waals surface area contributed by atoms with Crippen molar-refractivity contribution < 1.29 is 14.3 Å². The van der Waals surface area contributed by atoms with Crippen molar-refractivity contribution in [2.24, 2.45) is 0 Å². The highest BCUT2D eigenvalue weighted by Gasteiger charge is 2.26. The van der Waals surface area contributed by atoms with Gasteiger partial charge in [-0.3, -0.25) is 19.0 Å². The van der Waals surface area contributed by atoms with E-state index in [0.717, 1.165) is 5.69 Å². The molecule has 27 heavy (non-hydrogen) atoms. The van der Waals surface area contributed by atoms with Gasteiger partial charge in [0, 0.05) is 38.8 Å². The first kappa shape index (κ1) is 19.4. The van der Waals surface area contributed by atoms with E-state index in [0.29, 0.717) is 55.8 Å². The average molecular weight is 395 g/mol. The molecule has 1 fully saturated rings. The standard InChI is InChI=1S/C17H23ClN6O3/c1-3-24-16(17(26)22-6-8-27-9-7-22)14(10-19-24)20-15(25)4-5-23-11-13(18)12(2)21-23/h10-11H,3-9H2,1-2H3,(H,20,25). The predicted octanol–water partition coefficient (Wildman–Crippen LogP) is 1.56. The topological polar surface area (TPSA) is 94.3 Å². The number of anilines is 1. The van der Waals surface area contributed by atoms with Crippen molar-refractivity contribution >= 4 is 29.1 Å². The van der Waals surface area contributed by atoms with E-state index in [4.69, 9.17) is 16.3 Å². The van der Waals surface area contributed by atoms with Gasteiger partial charge in [0.15, 0.2) is 0 Å². The van der Waals surface area contributed by atoms with Gasteiger partial charge in [-0.15, -0.1) is 0 Å². The van der Waals surface area contributed by atoms with E-state index < -0.39 is 0 Å². The summed E-state index contributed by atoms with van der Waals surface area (Å²) in [7, 11) is 0. The van der Waals surface area contributed by atoms with Crippen LogP contribution in [0.2, 0.25) is 5.02 Å². The molecule has 3 rings (SSSR count). The van der Waals surface area contributed by atoms with Crippen LogP contribution in [0.25, 0.3) is 0 Å². The van der Waals surface area contributed by atoms with E-state index in [1.807, 2.05) is 13.8 Å². The maximum atomic E-state index is 12.9. The number of carbonyl (C=O) groups excluding carboxylic acids is 2. The maximum Gasteiger partial charge on any atom is 0.274 e. The Balaban J connectivity index is 1.67. The Labute approximate surface area is 162 Å². The molecule has 1 saturated heterocycles. The molecule has 3 heterocycles. The summed E-state index contributed by atoms with van der Waals surface area (Å²) < 4.78 is 8.53. The molecule has 1 aliphatic rings. The van der Waals surface area contributed by atoms with Crippen molar-refractivity contribution in [3.63, 3.8) is 0 Å². The Hall–Kier alpha value is -2.39. The molecular formula is C17H23ClN6O3. The first-order valence-corrected chi connectivity index (χ1v) is 9.29. The van der Waals surface area contributed by atoms with Crippen LogP contribution in [-0.2, 0) is 22.6 Å². The summed E-state index contributed by atoms with van der Waals surface area (Å²) in [5, 5.41) is 11.8. The van der Waals surface area contributed by atoms with Gasteiger partial charge < -0.3 is 15.0 Å². The highest BCUT2D eigenvalue weighted by Crippen LogP contribution is 2.19. The normalized spacial score (nSPS) is 14.4. The lowest BCUT2D eigenvalue weighted by Crippen LogP contribution is -2.41. The van der Waals surface area contributed by atoms with E-state index in [-0.39, 0.29) is 18.2 Å². The van der Waals surface area contributed by atoms with Crippen LogP contribution in [0.3, 0.4) is 0 Å². The zero-order valence-electron chi connectivity index (χ0n) is 15.4. The van der Waals surface area contributed by atoms with E-state index in [2.05, 4.69) is 15.5 Å². The minimum Gasteiger partial charge on any atom is -0.378 e. The third-order valence-electron chi connectivity index (χ3n) is 4.37. The third kappa shape index (κ3) is 4.48. The van der Waals surface area contributed by atoms with E-state index in [1.54, 1.807) is 20.5 Å². The average Bonchev–Trinajstić information content (AvgIpc) is 3.22. The SMILES string of the molecule is CCn1ncc(NC(=O)CCn2cc(Cl)c(C)n2)c1C(=O)N1CCOCC1. The lowest BCUT2D eigenvalue weighted by Gasteiger charge is -2.27. The number of hydrogen-bond donors (Lipinski definition) is 1. The largest absolute Gasteiger partial charge is 0.378 e. The number of halogens is 1. The molecule has 2 aromatic rings. The van der Waals surface area contributed by atoms with Crippen molar-refractivity contribution in [2.45, 2.75) is 33.4 Å². The molecule has 2 aromatic heterocycles. The summed E-state index contributed by atoms with van der Waals surface area (Å²) in [6.45, 7) is 6.72. The Morgan fingerprint density at radius 1 is 1.33 bits per heavy atom. The third-order valence-corrected chi connectivity index (χ3v) is 4.74. The summed E-state index contributed by atoms with van der Waals surface area (Å²) in [4.78, 5) is 27.0. The van der Waals surface area contributed by atoms with Crippen LogP contribution in [0, 0.1) is 6.92 Å². The number of carbonyl (C=O) groups is 2. The van der Waals surface area contributed by atoms with Crippen molar-refractivity contribution in [1.29, 1.82) is 0 Å². The molecule has 9 nitrogen and oxygen atoms in total. The van der Waals surface area contributed by atoms with Gasteiger partial charge in [-0.1, -0.05) is 11.6 Å². The summed E-state index contributed by atoms with van der Waals surface area (Å²) in [5.41, 5.74) is 1.54. The van der Waals surface area contributed by atoms with Crippen LogP contribution in [0.1, 0.15) is 29.5 Å². The lowest BCUT2D eigenvalue weighted by atomic mass is 10.2. The van der Waals surface area contributed by atoms with Crippen molar-refractivity contribution in [1.82, 2.24) is 24.5 Å². The number of ether oxygens (including phenoxy) is 1. The summed E-state index contributed by atoms with van der Waals surface area (Å²) >= 11 is 5.98. The number of rotatable bonds is 6. The van der Waals surface area contributed by atoms with Gasteiger partial charge in [0.05, 0.1) is 35.8 Å². The highest BCUT2D eigenvalue weighted by atomic mass is 35.5. The Kier molecular flexibility index (Phi) is 6.12. The van der Waals surface area contributed by atoms with Gasteiger partial charge in [0.25, 0.3) is 5.91 Å². The molecule has 2 amide bonds. The molecule has 0 bridgehead atoms. The molecular weight excluding hydrogens is 372 g/mol. The van der Waals surface area contributed by atoms with Crippen LogP contribution in [0.5, 0.6) is 0 Å². The van der Waals surface area contributed by atoms with Gasteiger partial charge in [0.2, 0.25) is 5.91 Å². The smallest absolute Gasteiger partial charge is 0.274 e. The molecule has 10 heteroatoms. The molecule has 0 aromatic carbocycles. The zero-order chi connectivity index (χ0) is 19.4. The summed E-state index contributed by atoms with van der Waals surface area (Å²) in [6, 6.07) is 0. The molecule has 1 N–H and O–H groups in total. The molecule has 146 valence electrons. The molecule has 0 spiro atoms. The second-order valence-corrected chi connectivity index (χ2v) is 6.66. The first-order chi connectivity index (χ1) is 13.0. The minimum atomic E-state index is -0.217. The molecule has 0 atom stereocenters. The van der Waals surface area contributed by atoms with E-state index in [9.17, 15) is 9.59 Å². The second-order valence-electron chi connectivity index (χ2n) is 6.25. The van der Waals surface area contributed by atoms with Crippen LogP contribution < -0.4 is 5.32 Å². The lowest BCUT2D eigenvalue weighted by molar-refractivity contribution is -0.116. The van der Waals surface area contributed by atoms with Crippen molar-refractivity contribution in [3.8, 4) is 0 Å². The molecule has 0 saturated carbocycles. The number of aryl methyl sites for hydroxylation is 3. The Morgan fingerprint density at radius 2 is 2.07 bits per heavy atom. The first-order valence-electron chi connectivity index (χ1n) is 8.91. The van der Waals surface area contributed by atoms with Crippen LogP contribution in [-0.4, -0.2) is 62.6 Å². The van der Waals surface area contributed by atoms with Crippen molar-refractivity contribution in [2.75, 3.05) is 31.6 Å². The number of nitrogens with one attached hydrogen (secondary N) is 1. The Morgan fingerprint density at radius 3 is 2.70 bits per heavy atom. The van der Waals surface area contributed by atoms with Crippen molar-refractivity contribution in [3.05, 3.63) is 28.8 Å². The van der Waals surface area contributed by atoms with Crippen LogP contribution >= 0.6 is 11.6 Å². The van der Waals surface area contributed by atoms with E-state index in [1.165, 1.54) is 6.20 Å². The van der Waals surface area contributed by atoms with Gasteiger partial charge in [-0.2, -0.15) is 10.2 Å². The van der Waals surface area contributed by atoms with Gasteiger partial charge >= 0.3 is 0 Å². The fourth-order valence-corrected chi connectivity index (χ4v) is 3.05. The number of amides is 2. The molecule has 1 aliphatic heterocycles. The van der Waals surface area contributed by atoms with Gasteiger partial charge in [0.1, 0.15) is 5.69 Å². The second kappa shape index (κ2) is 8.53. The fraction of sp³-hybridized carbons (Fsp3) is 0.529. The quantitative estimate of drug-likeness (QED) is 0.802. The highest BCUT2D eigenvalue weighted by molar-refractivity contribution is 6.31. The van der Waals surface area contributed by atoms with Gasteiger partial charge in [-0.05, 0) is 13.8 Å². The Bertz CT molecular complexity index is 805. The predicted molar refractivity (Wildman–Crippen MR) is 99.8 cm³/mol. The maximum absolute atomic E-state index is 12.9. The van der Waals surface area contributed by atoms with Crippen LogP contribution in [0.15, 0.2) is 12.4 Å².